The van der Waals surface area contributed by atoms with Gasteiger partial charge >= 0.3 is 0 Å². The number of aromatic nitrogens is 3. The minimum absolute atomic E-state index is 0.612. The van der Waals surface area contributed by atoms with Gasteiger partial charge in [-0.3, -0.25) is 0 Å². The van der Waals surface area contributed by atoms with E-state index in [2.05, 4.69) is 9.97 Å². The number of aliphatic hydroxyl groups is 1. The van der Waals surface area contributed by atoms with Crippen LogP contribution in [0.4, 0.5) is 5.69 Å². The van der Waals surface area contributed by atoms with Crippen molar-refractivity contribution in [3.63, 3.8) is 0 Å². The Kier molecular flexibility index (Phi) is 3.42. The molecule has 0 aliphatic heterocycles. The minimum Gasteiger partial charge on any atom is -0.399 e. The maximum Gasteiger partial charge on any atom is 0.138 e. The summed E-state index contributed by atoms with van der Waals surface area (Å²) in [5.74, 6) is 0.667. The molecular weight excluding hydrogens is 272 g/mol. The summed E-state index contributed by atoms with van der Waals surface area (Å²) in [4.78, 5) is 8.77. The summed E-state index contributed by atoms with van der Waals surface area (Å²) in [6.07, 6.45) is 0.207. The first-order chi connectivity index (χ1) is 9.65. The molecule has 0 aliphatic carbocycles. The van der Waals surface area contributed by atoms with Crippen molar-refractivity contribution in [3.05, 3.63) is 40.6 Å². The average Bonchev–Trinajstić information content (AvgIpc) is 3.02. The van der Waals surface area contributed by atoms with Gasteiger partial charge in [-0.2, -0.15) is 0 Å². The summed E-state index contributed by atoms with van der Waals surface area (Å²) in [5.41, 5.74) is 11.2. The Morgan fingerprint density at radius 3 is 3.00 bits per heavy atom. The Hall–Kier alpha value is -1.92. The van der Waals surface area contributed by atoms with Crippen molar-refractivity contribution in [2.24, 2.45) is 0 Å². The minimum atomic E-state index is -0.612. The Bertz CT molecular complexity index is 718. The maximum atomic E-state index is 9.90. The smallest absolute Gasteiger partial charge is 0.138 e. The number of nitrogens with two attached hydrogens (primary N) is 1. The second-order valence-corrected chi connectivity index (χ2v) is 5.49. The van der Waals surface area contributed by atoms with Crippen molar-refractivity contribution in [1.29, 1.82) is 0 Å². The van der Waals surface area contributed by atoms with Crippen molar-refractivity contribution >= 4 is 28.1 Å². The van der Waals surface area contributed by atoms with Crippen LogP contribution in [0.25, 0.3) is 11.0 Å². The van der Waals surface area contributed by atoms with E-state index in [0.29, 0.717) is 11.5 Å². The predicted octanol–water partition coefficient (Wildman–Crippen LogP) is 2.37. The van der Waals surface area contributed by atoms with E-state index in [1.807, 2.05) is 33.7 Å². The zero-order chi connectivity index (χ0) is 14.1. The third kappa shape index (κ3) is 2.39. The quantitative estimate of drug-likeness (QED) is 0.723. The summed E-state index contributed by atoms with van der Waals surface area (Å²) in [5, 5.41) is 11.9. The van der Waals surface area contributed by atoms with Crippen LogP contribution < -0.4 is 5.73 Å². The number of hydrogen-bond acceptors (Lipinski definition) is 5. The number of aryl methyl sites for hydroxylation is 2. The first-order valence-corrected chi connectivity index (χ1v) is 7.40. The molecule has 3 aromatic rings. The molecule has 104 valence electrons. The molecule has 0 saturated carbocycles. The standard InChI is InChI=1S/C14H16N4OS/c1-9(19)14-17-12-6-10(15)2-3-13(12)18(14)5-4-11-7-20-8-16-11/h2-3,6-9,19H,4-5,15H2,1H3. The van der Waals surface area contributed by atoms with Gasteiger partial charge in [-0.15, -0.1) is 11.3 Å². The molecule has 2 heterocycles. The molecule has 1 aromatic carbocycles. The lowest BCUT2D eigenvalue weighted by Gasteiger charge is -2.10. The molecule has 0 amide bonds. The second kappa shape index (κ2) is 5.22. The number of hydrogen-bond donors (Lipinski definition) is 2. The second-order valence-electron chi connectivity index (χ2n) is 4.78. The molecule has 0 aliphatic rings. The van der Waals surface area contributed by atoms with E-state index in [0.717, 1.165) is 29.7 Å². The molecule has 1 unspecified atom stereocenters. The van der Waals surface area contributed by atoms with Gasteiger partial charge in [-0.05, 0) is 25.1 Å². The Morgan fingerprint density at radius 1 is 1.45 bits per heavy atom. The topological polar surface area (TPSA) is 77.0 Å². The van der Waals surface area contributed by atoms with E-state index in [1.54, 1.807) is 18.3 Å². The van der Waals surface area contributed by atoms with Crippen LogP contribution in [0.15, 0.2) is 29.1 Å². The van der Waals surface area contributed by atoms with Gasteiger partial charge in [-0.25, -0.2) is 9.97 Å². The largest absolute Gasteiger partial charge is 0.399 e. The van der Waals surface area contributed by atoms with Gasteiger partial charge in [0.25, 0.3) is 0 Å². The number of nitrogen functional groups attached to an aromatic ring is 1. The average molecular weight is 288 g/mol. The van der Waals surface area contributed by atoms with E-state index in [4.69, 9.17) is 5.73 Å². The Morgan fingerprint density at radius 2 is 2.30 bits per heavy atom. The lowest BCUT2D eigenvalue weighted by Crippen LogP contribution is -2.09. The third-order valence-corrected chi connectivity index (χ3v) is 3.89. The van der Waals surface area contributed by atoms with Crippen LogP contribution in [0.5, 0.6) is 0 Å². The maximum absolute atomic E-state index is 9.90. The first kappa shape index (κ1) is 13.1. The number of thiazole rings is 1. The molecule has 3 rings (SSSR count). The SMILES string of the molecule is CC(O)c1nc2cc(N)ccc2n1CCc1cscn1. The molecule has 0 saturated heterocycles. The molecule has 0 radical (unpaired) electrons. The molecule has 20 heavy (non-hydrogen) atoms. The van der Waals surface area contributed by atoms with Gasteiger partial charge in [0, 0.05) is 24.0 Å². The lowest BCUT2D eigenvalue weighted by molar-refractivity contribution is 0.184. The summed E-state index contributed by atoms with van der Waals surface area (Å²) >= 11 is 1.59. The molecule has 5 nitrogen and oxygen atoms in total. The molecular formula is C14H16N4OS. The fraction of sp³-hybridized carbons (Fsp3) is 0.286. The number of rotatable bonds is 4. The van der Waals surface area contributed by atoms with E-state index in [-0.39, 0.29) is 0 Å². The molecule has 2 aromatic heterocycles. The van der Waals surface area contributed by atoms with Crippen molar-refractivity contribution in [2.75, 3.05) is 5.73 Å². The fourth-order valence-electron chi connectivity index (χ4n) is 2.31. The number of anilines is 1. The number of benzene rings is 1. The van der Waals surface area contributed by atoms with Gasteiger partial charge in [0.05, 0.1) is 22.2 Å². The highest BCUT2D eigenvalue weighted by Crippen LogP contribution is 2.23. The van der Waals surface area contributed by atoms with Crippen LogP contribution in [0.3, 0.4) is 0 Å². The van der Waals surface area contributed by atoms with Gasteiger partial charge in [0.15, 0.2) is 0 Å². The van der Waals surface area contributed by atoms with Crippen molar-refractivity contribution < 1.29 is 5.11 Å². The highest BCUT2D eigenvalue weighted by molar-refractivity contribution is 7.07. The predicted molar refractivity (Wildman–Crippen MR) is 80.6 cm³/mol. The van der Waals surface area contributed by atoms with Gasteiger partial charge in [0.2, 0.25) is 0 Å². The number of nitrogens with zero attached hydrogens (tertiary/aromatic N) is 3. The normalized spacial score (nSPS) is 12.9. The fourth-order valence-corrected chi connectivity index (χ4v) is 2.90. The molecule has 1 atom stereocenters. The van der Waals surface area contributed by atoms with Crippen LogP contribution in [-0.4, -0.2) is 19.6 Å². The zero-order valence-corrected chi connectivity index (χ0v) is 12.0. The van der Waals surface area contributed by atoms with Crippen LogP contribution in [-0.2, 0) is 13.0 Å². The molecule has 0 fully saturated rings. The van der Waals surface area contributed by atoms with Gasteiger partial charge < -0.3 is 15.4 Å². The molecule has 0 spiro atoms. The third-order valence-electron chi connectivity index (χ3n) is 3.25. The van der Waals surface area contributed by atoms with E-state index in [9.17, 15) is 5.11 Å². The highest BCUT2D eigenvalue weighted by Gasteiger charge is 2.15. The van der Waals surface area contributed by atoms with E-state index >= 15 is 0 Å². The van der Waals surface area contributed by atoms with Gasteiger partial charge in [0.1, 0.15) is 11.9 Å². The lowest BCUT2D eigenvalue weighted by atomic mass is 10.2. The van der Waals surface area contributed by atoms with E-state index < -0.39 is 6.10 Å². The summed E-state index contributed by atoms with van der Waals surface area (Å²) < 4.78 is 2.04. The zero-order valence-electron chi connectivity index (χ0n) is 11.2. The molecule has 6 heteroatoms. The van der Waals surface area contributed by atoms with Crippen LogP contribution >= 0.6 is 11.3 Å². The van der Waals surface area contributed by atoms with Crippen LogP contribution in [0.1, 0.15) is 24.5 Å². The summed E-state index contributed by atoms with van der Waals surface area (Å²) in [7, 11) is 0. The van der Waals surface area contributed by atoms with Crippen LogP contribution in [0.2, 0.25) is 0 Å². The van der Waals surface area contributed by atoms with Crippen molar-refractivity contribution in [3.8, 4) is 0 Å². The number of aliphatic hydroxyl groups excluding tert-OH is 1. The van der Waals surface area contributed by atoms with Crippen LogP contribution in [0, 0.1) is 0 Å². The first-order valence-electron chi connectivity index (χ1n) is 6.46. The highest BCUT2D eigenvalue weighted by atomic mass is 32.1. The summed E-state index contributed by atoms with van der Waals surface area (Å²) in [6.45, 7) is 2.47. The monoisotopic (exact) mass is 288 g/mol. The number of fused-ring (bicyclic) bond motifs is 1. The summed E-state index contributed by atoms with van der Waals surface area (Å²) in [6, 6.07) is 5.64. The Balaban J connectivity index is 2.00. The van der Waals surface area contributed by atoms with Gasteiger partial charge in [-0.1, -0.05) is 0 Å². The molecule has 0 bridgehead atoms. The number of imidazole rings is 1. The molecule has 3 N–H and O–H groups in total. The van der Waals surface area contributed by atoms with E-state index in [1.165, 1.54) is 0 Å². The Labute approximate surface area is 120 Å². The van der Waals surface area contributed by atoms with Crippen molar-refractivity contribution in [1.82, 2.24) is 14.5 Å². The van der Waals surface area contributed by atoms with Crippen molar-refractivity contribution in [2.45, 2.75) is 26.0 Å².